The molecule has 0 aliphatic rings. The van der Waals surface area contributed by atoms with Crippen LogP contribution in [0.5, 0.6) is 0 Å². The summed E-state index contributed by atoms with van der Waals surface area (Å²) in [6.45, 7) is 5.24. The summed E-state index contributed by atoms with van der Waals surface area (Å²) in [4.78, 5) is 8.43. The van der Waals surface area contributed by atoms with Gasteiger partial charge >= 0.3 is 0 Å². The Morgan fingerprint density at radius 3 is 2.70 bits per heavy atom. The number of nitrogens with one attached hydrogen (secondary N) is 1. The Labute approximate surface area is 160 Å². The first-order valence-electron chi connectivity index (χ1n) is 9.87. The van der Waals surface area contributed by atoms with Gasteiger partial charge in [-0.15, -0.1) is 0 Å². The summed E-state index contributed by atoms with van der Waals surface area (Å²) in [5, 5.41) is 2.51. The van der Waals surface area contributed by atoms with Crippen molar-refractivity contribution in [3.8, 4) is 11.3 Å². The van der Waals surface area contributed by atoms with Crippen LogP contribution in [0.2, 0.25) is 0 Å². The molecule has 0 saturated heterocycles. The van der Waals surface area contributed by atoms with Crippen molar-refractivity contribution in [1.29, 1.82) is 0 Å². The predicted molar refractivity (Wildman–Crippen MR) is 115 cm³/mol. The van der Waals surface area contributed by atoms with Gasteiger partial charge in [0.15, 0.2) is 0 Å². The lowest BCUT2D eigenvalue weighted by molar-refractivity contribution is 0.748. The second kappa shape index (κ2) is 7.53. The Balaban J connectivity index is 1.91. The minimum Gasteiger partial charge on any atom is -0.354 e. The van der Waals surface area contributed by atoms with Crippen LogP contribution in [0.3, 0.4) is 0 Å². The van der Waals surface area contributed by atoms with E-state index in [1.807, 2.05) is 12.3 Å². The van der Waals surface area contributed by atoms with Crippen molar-refractivity contribution in [3.05, 3.63) is 65.9 Å². The second-order valence-corrected chi connectivity index (χ2v) is 7.57. The summed E-state index contributed by atoms with van der Waals surface area (Å²) in [5.74, 6) is 0.479. The molecule has 4 rings (SSSR count). The molecule has 2 heterocycles. The summed E-state index contributed by atoms with van der Waals surface area (Å²) in [5.41, 5.74) is 13.1. The van der Waals surface area contributed by atoms with Crippen LogP contribution in [0.15, 0.2) is 54.7 Å². The summed E-state index contributed by atoms with van der Waals surface area (Å²) >= 11 is 0. The average Bonchev–Trinajstić information content (AvgIpc) is 3.06. The van der Waals surface area contributed by atoms with Crippen molar-refractivity contribution in [1.82, 2.24) is 9.97 Å². The quantitative estimate of drug-likeness (QED) is 0.429. The van der Waals surface area contributed by atoms with Crippen molar-refractivity contribution in [2.75, 3.05) is 6.54 Å². The van der Waals surface area contributed by atoms with Gasteiger partial charge in [0.05, 0.1) is 11.2 Å². The van der Waals surface area contributed by atoms with Crippen molar-refractivity contribution in [3.63, 3.8) is 0 Å². The molecule has 27 heavy (non-hydrogen) atoms. The van der Waals surface area contributed by atoms with Crippen molar-refractivity contribution in [2.24, 2.45) is 5.73 Å². The lowest BCUT2D eigenvalue weighted by atomic mass is 9.97. The first-order chi connectivity index (χ1) is 13.2. The van der Waals surface area contributed by atoms with Gasteiger partial charge < -0.3 is 10.7 Å². The highest BCUT2D eigenvalue weighted by molar-refractivity contribution is 5.94. The fourth-order valence-corrected chi connectivity index (χ4v) is 3.94. The zero-order chi connectivity index (χ0) is 18.8. The number of hydrogen-bond donors (Lipinski definition) is 2. The third kappa shape index (κ3) is 3.35. The number of aromatic nitrogens is 2. The van der Waals surface area contributed by atoms with Gasteiger partial charge in [0.1, 0.15) is 0 Å². The molecule has 0 bridgehead atoms. The Hall–Kier alpha value is -2.65. The van der Waals surface area contributed by atoms with Crippen LogP contribution in [-0.2, 0) is 6.42 Å². The maximum atomic E-state index is 5.74. The largest absolute Gasteiger partial charge is 0.354 e. The van der Waals surface area contributed by atoms with Gasteiger partial charge in [0.2, 0.25) is 0 Å². The molecular formula is C24H27N3. The summed E-state index contributed by atoms with van der Waals surface area (Å²) in [6, 6.07) is 17.2. The molecule has 138 valence electrons. The standard InChI is InChI=1S/C24H27N3/c1-16(2)19-10-7-11-21-20(9-5-6-13-25)23(27-24(19)21)18-14-17-8-3-4-12-22(17)26-15-18/h3-4,7-8,10-12,14-16,27H,5-6,9,13,25H2,1-2H3. The Morgan fingerprint density at radius 2 is 1.89 bits per heavy atom. The van der Waals surface area contributed by atoms with Crippen molar-refractivity contribution < 1.29 is 0 Å². The fraction of sp³-hybridized carbons (Fsp3) is 0.292. The van der Waals surface area contributed by atoms with Crippen LogP contribution in [0, 0.1) is 0 Å². The molecule has 2 aromatic heterocycles. The number of benzene rings is 2. The number of nitrogens with zero attached hydrogens (tertiary/aromatic N) is 1. The number of unbranched alkanes of at least 4 members (excludes halogenated alkanes) is 1. The molecule has 0 amide bonds. The maximum absolute atomic E-state index is 5.74. The zero-order valence-electron chi connectivity index (χ0n) is 16.1. The van der Waals surface area contributed by atoms with E-state index in [1.54, 1.807) is 0 Å². The third-order valence-corrected chi connectivity index (χ3v) is 5.36. The van der Waals surface area contributed by atoms with E-state index in [1.165, 1.54) is 33.1 Å². The highest BCUT2D eigenvalue weighted by Crippen LogP contribution is 2.35. The van der Waals surface area contributed by atoms with E-state index in [9.17, 15) is 0 Å². The van der Waals surface area contributed by atoms with Crippen LogP contribution >= 0.6 is 0 Å². The highest BCUT2D eigenvalue weighted by atomic mass is 14.7. The Bertz CT molecular complexity index is 1080. The van der Waals surface area contributed by atoms with Crippen LogP contribution in [-0.4, -0.2) is 16.5 Å². The van der Waals surface area contributed by atoms with E-state index < -0.39 is 0 Å². The molecule has 3 N–H and O–H groups in total. The zero-order valence-corrected chi connectivity index (χ0v) is 16.1. The monoisotopic (exact) mass is 357 g/mol. The molecule has 0 aliphatic heterocycles. The number of hydrogen-bond acceptors (Lipinski definition) is 2. The van der Waals surface area contributed by atoms with E-state index >= 15 is 0 Å². The Morgan fingerprint density at radius 1 is 1.04 bits per heavy atom. The number of aromatic amines is 1. The van der Waals surface area contributed by atoms with E-state index in [0.29, 0.717) is 5.92 Å². The van der Waals surface area contributed by atoms with Gasteiger partial charge in [-0.1, -0.05) is 50.2 Å². The topological polar surface area (TPSA) is 54.7 Å². The highest BCUT2D eigenvalue weighted by Gasteiger charge is 2.16. The molecule has 4 aromatic rings. The third-order valence-electron chi connectivity index (χ3n) is 5.36. The number of rotatable bonds is 6. The normalized spacial score (nSPS) is 11.7. The van der Waals surface area contributed by atoms with Gasteiger partial charge in [0, 0.05) is 28.0 Å². The molecule has 0 saturated carbocycles. The number of aryl methyl sites for hydroxylation is 1. The van der Waals surface area contributed by atoms with Gasteiger partial charge in [0.25, 0.3) is 0 Å². The minimum atomic E-state index is 0.479. The van der Waals surface area contributed by atoms with Crippen molar-refractivity contribution >= 4 is 21.8 Å². The minimum absolute atomic E-state index is 0.479. The molecule has 0 radical (unpaired) electrons. The molecule has 0 unspecified atom stereocenters. The van der Waals surface area contributed by atoms with Crippen LogP contribution in [0.4, 0.5) is 0 Å². The lowest BCUT2D eigenvalue weighted by Crippen LogP contribution is -1.99. The Kier molecular flexibility index (Phi) is 4.95. The summed E-state index contributed by atoms with van der Waals surface area (Å²) in [6.07, 6.45) is 5.17. The van der Waals surface area contributed by atoms with E-state index in [0.717, 1.165) is 36.9 Å². The molecular weight excluding hydrogens is 330 g/mol. The van der Waals surface area contributed by atoms with E-state index in [2.05, 4.69) is 66.3 Å². The fourth-order valence-electron chi connectivity index (χ4n) is 3.94. The number of H-pyrrole nitrogens is 1. The molecule has 0 aliphatic carbocycles. The summed E-state index contributed by atoms with van der Waals surface area (Å²) in [7, 11) is 0. The molecule has 0 atom stereocenters. The number of para-hydroxylation sites is 2. The summed E-state index contributed by atoms with van der Waals surface area (Å²) < 4.78 is 0. The molecule has 3 nitrogen and oxygen atoms in total. The van der Waals surface area contributed by atoms with Gasteiger partial charge in [-0.05, 0) is 55.0 Å². The first-order valence-corrected chi connectivity index (χ1v) is 9.87. The molecule has 3 heteroatoms. The predicted octanol–water partition coefficient (Wildman–Crippen LogP) is 5.79. The van der Waals surface area contributed by atoms with Gasteiger partial charge in [-0.3, -0.25) is 4.98 Å². The maximum Gasteiger partial charge on any atom is 0.0702 e. The van der Waals surface area contributed by atoms with Crippen molar-refractivity contribution in [2.45, 2.75) is 39.0 Å². The molecule has 0 spiro atoms. The number of fused-ring (bicyclic) bond motifs is 2. The average molecular weight is 358 g/mol. The van der Waals surface area contributed by atoms with E-state index in [-0.39, 0.29) is 0 Å². The first kappa shape index (κ1) is 17.7. The lowest BCUT2D eigenvalue weighted by Gasteiger charge is -2.07. The molecule has 2 aromatic carbocycles. The smallest absolute Gasteiger partial charge is 0.0702 e. The number of nitrogens with two attached hydrogens (primary N) is 1. The van der Waals surface area contributed by atoms with E-state index in [4.69, 9.17) is 5.73 Å². The van der Waals surface area contributed by atoms with Gasteiger partial charge in [-0.2, -0.15) is 0 Å². The second-order valence-electron chi connectivity index (χ2n) is 7.57. The number of pyridine rings is 1. The van der Waals surface area contributed by atoms with Crippen LogP contribution < -0.4 is 5.73 Å². The van der Waals surface area contributed by atoms with Crippen LogP contribution in [0.1, 0.15) is 43.7 Å². The molecule has 0 fully saturated rings. The SMILES string of the molecule is CC(C)c1cccc2c(CCCCN)c(-c3cnc4ccccc4c3)[nH]c12. The van der Waals surface area contributed by atoms with Crippen LogP contribution in [0.25, 0.3) is 33.1 Å². The van der Waals surface area contributed by atoms with Gasteiger partial charge in [-0.25, -0.2) is 0 Å².